The summed E-state index contributed by atoms with van der Waals surface area (Å²) in [5.74, 6) is 0.389. The van der Waals surface area contributed by atoms with E-state index < -0.39 is 0 Å². The normalized spacial score (nSPS) is 11.2. The number of Topliss-reactive ketones (excluding diaryl/α,β-unsaturated/α-hetero) is 1. The molecule has 0 unspecified atom stereocenters. The average molecular weight is 256 g/mol. The maximum Gasteiger partial charge on any atom is 0.137 e. The Labute approximate surface area is 114 Å². The van der Waals surface area contributed by atoms with Crippen molar-refractivity contribution in [3.05, 3.63) is 66.3 Å². The molecule has 100 valence electrons. The highest BCUT2D eigenvalue weighted by atomic mass is 16.3. The van der Waals surface area contributed by atoms with Crippen LogP contribution in [0.25, 0.3) is 0 Å². The second kappa shape index (κ2) is 8.09. The van der Waals surface area contributed by atoms with Crippen molar-refractivity contribution in [2.75, 3.05) is 0 Å². The van der Waals surface area contributed by atoms with E-state index in [-0.39, 0.29) is 11.5 Å². The molecule has 2 heteroatoms. The van der Waals surface area contributed by atoms with Gasteiger partial charge in [-0.3, -0.25) is 4.79 Å². The number of para-hydroxylation sites is 1. The van der Waals surface area contributed by atoms with Crippen molar-refractivity contribution in [3.63, 3.8) is 0 Å². The Hall–Kier alpha value is -2.09. The quantitative estimate of drug-likeness (QED) is 0.749. The lowest BCUT2D eigenvalue weighted by atomic mass is 10.0. The number of hydrogen-bond acceptors (Lipinski definition) is 2. The highest BCUT2D eigenvalue weighted by Crippen LogP contribution is 2.18. The molecule has 1 aromatic rings. The van der Waals surface area contributed by atoms with Crippen molar-refractivity contribution < 1.29 is 9.90 Å². The maximum atomic E-state index is 11.8. The molecule has 1 aromatic carbocycles. The van der Waals surface area contributed by atoms with Gasteiger partial charge in [-0.2, -0.15) is 0 Å². The molecule has 1 N–H and O–H groups in total. The molecule has 0 amide bonds. The van der Waals surface area contributed by atoms with Gasteiger partial charge in [-0.05, 0) is 30.5 Å². The highest BCUT2D eigenvalue weighted by molar-refractivity contribution is 5.81. The van der Waals surface area contributed by atoms with Crippen LogP contribution in [0.4, 0.5) is 0 Å². The Morgan fingerprint density at radius 2 is 2.05 bits per heavy atom. The molecule has 1 rings (SSSR count). The van der Waals surface area contributed by atoms with Gasteiger partial charge in [-0.25, -0.2) is 0 Å². The Kier molecular flexibility index (Phi) is 6.37. The first-order chi connectivity index (χ1) is 9.13. The number of benzene rings is 1. The minimum Gasteiger partial charge on any atom is -0.508 e. The zero-order valence-corrected chi connectivity index (χ0v) is 11.3. The van der Waals surface area contributed by atoms with Crippen molar-refractivity contribution in [2.45, 2.75) is 26.2 Å². The molecular weight excluding hydrogens is 236 g/mol. The van der Waals surface area contributed by atoms with Gasteiger partial charge < -0.3 is 5.11 Å². The molecule has 0 aliphatic rings. The molecule has 0 heterocycles. The van der Waals surface area contributed by atoms with Gasteiger partial charge in [0, 0.05) is 12.8 Å². The van der Waals surface area contributed by atoms with Crippen molar-refractivity contribution in [1.82, 2.24) is 0 Å². The number of ketones is 1. The zero-order valence-electron chi connectivity index (χ0n) is 11.3. The van der Waals surface area contributed by atoms with Gasteiger partial charge in [-0.1, -0.05) is 49.1 Å². The van der Waals surface area contributed by atoms with Crippen molar-refractivity contribution >= 4 is 5.78 Å². The summed E-state index contributed by atoms with van der Waals surface area (Å²) >= 11 is 0. The predicted octanol–water partition coefficient (Wildman–Crippen LogP) is 3.97. The summed E-state index contributed by atoms with van der Waals surface area (Å²) in [5, 5.41) is 9.60. The highest BCUT2D eigenvalue weighted by Gasteiger charge is 2.06. The van der Waals surface area contributed by atoms with E-state index in [1.807, 2.05) is 43.4 Å². The van der Waals surface area contributed by atoms with Crippen molar-refractivity contribution in [2.24, 2.45) is 0 Å². The molecule has 0 aliphatic heterocycles. The molecule has 0 spiro atoms. The van der Waals surface area contributed by atoms with Gasteiger partial charge in [0.05, 0.1) is 0 Å². The Balaban J connectivity index is 2.40. The molecule has 0 aliphatic carbocycles. The fourth-order valence-electron chi connectivity index (χ4n) is 1.70. The minimum absolute atomic E-state index is 0.137. The maximum absolute atomic E-state index is 11.8. The lowest BCUT2D eigenvalue weighted by Gasteiger charge is -2.04. The zero-order chi connectivity index (χ0) is 14.1. The van der Waals surface area contributed by atoms with E-state index >= 15 is 0 Å². The van der Waals surface area contributed by atoms with Crippen LogP contribution in [-0.4, -0.2) is 10.9 Å². The van der Waals surface area contributed by atoms with Gasteiger partial charge in [0.15, 0.2) is 0 Å². The number of aromatic hydroxyl groups is 1. The number of allylic oxidation sites excluding steroid dienone is 5. The third kappa shape index (κ3) is 5.87. The van der Waals surface area contributed by atoms with Crippen LogP contribution in [0.5, 0.6) is 5.75 Å². The average Bonchev–Trinajstić information content (AvgIpc) is 2.38. The SMILES string of the molecule is C=C(/C=C\C=C/C)CC(=O)CCc1ccccc1O. The standard InChI is InChI=1S/C17H20O2/c1-3-4-5-8-14(2)13-16(18)12-11-15-9-6-7-10-17(15)19/h3-10,19H,2,11-13H2,1H3/b4-3-,8-5-. The monoisotopic (exact) mass is 256 g/mol. The summed E-state index contributed by atoms with van der Waals surface area (Å²) in [7, 11) is 0. The molecule has 19 heavy (non-hydrogen) atoms. The van der Waals surface area contributed by atoms with Gasteiger partial charge in [0.2, 0.25) is 0 Å². The van der Waals surface area contributed by atoms with E-state index in [1.165, 1.54) is 0 Å². The summed E-state index contributed by atoms with van der Waals surface area (Å²) in [6, 6.07) is 7.11. The van der Waals surface area contributed by atoms with Crippen LogP contribution < -0.4 is 0 Å². The number of carbonyl (C=O) groups is 1. The number of aryl methyl sites for hydroxylation is 1. The van der Waals surface area contributed by atoms with Crippen LogP contribution in [0.2, 0.25) is 0 Å². The topological polar surface area (TPSA) is 37.3 Å². The molecule has 0 saturated carbocycles. The second-order valence-corrected chi connectivity index (χ2v) is 4.39. The van der Waals surface area contributed by atoms with Gasteiger partial charge >= 0.3 is 0 Å². The fourth-order valence-corrected chi connectivity index (χ4v) is 1.70. The van der Waals surface area contributed by atoms with Crippen molar-refractivity contribution in [3.8, 4) is 5.75 Å². The number of phenols is 1. The van der Waals surface area contributed by atoms with E-state index in [4.69, 9.17) is 0 Å². The van der Waals surface area contributed by atoms with E-state index in [2.05, 4.69) is 6.58 Å². The fraction of sp³-hybridized carbons (Fsp3) is 0.235. The van der Waals surface area contributed by atoms with E-state index in [0.717, 1.165) is 11.1 Å². The van der Waals surface area contributed by atoms with Gasteiger partial charge in [0.25, 0.3) is 0 Å². The second-order valence-electron chi connectivity index (χ2n) is 4.39. The van der Waals surface area contributed by atoms with Crippen molar-refractivity contribution in [1.29, 1.82) is 0 Å². The summed E-state index contributed by atoms with van der Waals surface area (Å²) in [6.45, 7) is 5.78. The van der Waals surface area contributed by atoms with E-state index in [1.54, 1.807) is 12.1 Å². The first kappa shape index (κ1) is 15.0. The lowest BCUT2D eigenvalue weighted by molar-refractivity contribution is -0.118. The summed E-state index contributed by atoms with van der Waals surface area (Å²) < 4.78 is 0. The first-order valence-corrected chi connectivity index (χ1v) is 6.39. The number of rotatable bonds is 7. The van der Waals surface area contributed by atoms with Crippen LogP contribution in [0.3, 0.4) is 0 Å². The van der Waals surface area contributed by atoms with Gasteiger partial charge in [0.1, 0.15) is 11.5 Å². The predicted molar refractivity (Wildman–Crippen MR) is 79.1 cm³/mol. The first-order valence-electron chi connectivity index (χ1n) is 6.39. The summed E-state index contributed by atoms with van der Waals surface area (Å²) in [4.78, 5) is 11.8. The Bertz CT molecular complexity index is 496. The Morgan fingerprint density at radius 1 is 1.32 bits per heavy atom. The molecule has 0 bridgehead atoms. The molecule has 0 saturated heterocycles. The Morgan fingerprint density at radius 3 is 2.74 bits per heavy atom. The third-order valence-corrected chi connectivity index (χ3v) is 2.72. The number of phenolic OH excluding ortho intramolecular Hbond substituents is 1. The lowest BCUT2D eigenvalue weighted by Crippen LogP contribution is -2.01. The van der Waals surface area contributed by atoms with Crippen LogP contribution in [-0.2, 0) is 11.2 Å². The largest absolute Gasteiger partial charge is 0.508 e. The molecule has 0 radical (unpaired) electrons. The van der Waals surface area contributed by atoms with Crippen LogP contribution >= 0.6 is 0 Å². The molecule has 0 aromatic heterocycles. The number of hydrogen-bond donors (Lipinski definition) is 1. The smallest absolute Gasteiger partial charge is 0.137 e. The van der Waals surface area contributed by atoms with E-state index in [9.17, 15) is 9.90 Å². The molecule has 0 atom stereocenters. The summed E-state index contributed by atoms with van der Waals surface area (Å²) in [6.07, 6.45) is 8.89. The van der Waals surface area contributed by atoms with E-state index in [0.29, 0.717) is 19.3 Å². The van der Waals surface area contributed by atoms with Gasteiger partial charge in [-0.15, -0.1) is 0 Å². The number of carbonyl (C=O) groups excluding carboxylic acids is 1. The van der Waals surface area contributed by atoms with Crippen LogP contribution in [0.1, 0.15) is 25.3 Å². The van der Waals surface area contributed by atoms with Crippen LogP contribution in [0.15, 0.2) is 60.7 Å². The molecule has 2 nitrogen and oxygen atoms in total. The summed E-state index contributed by atoms with van der Waals surface area (Å²) in [5.41, 5.74) is 1.62. The van der Waals surface area contributed by atoms with Crippen LogP contribution in [0, 0.1) is 0 Å². The molecule has 0 fully saturated rings. The third-order valence-electron chi connectivity index (χ3n) is 2.72. The minimum atomic E-state index is 0.137. The molecular formula is C17H20O2.